The standard InChI is InChI=1S/C7H17N3O2/c1-10(4-2-8,5-3-9)6-7(11)12/h2-6,8-9H2,1H3/p+1. The largest absolute Gasteiger partial charge is 0.477 e. The first-order valence-corrected chi connectivity index (χ1v) is 3.99. The minimum absolute atomic E-state index is 0.0917. The number of nitrogens with two attached hydrogens (primary N) is 2. The molecule has 0 unspecified atom stereocenters. The van der Waals surface area contributed by atoms with E-state index in [1.807, 2.05) is 7.05 Å². The van der Waals surface area contributed by atoms with E-state index in [4.69, 9.17) is 16.6 Å². The van der Waals surface area contributed by atoms with E-state index in [2.05, 4.69) is 0 Å². The molecular weight excluding hydrogens is 158 g/mol. The number of likely N-dealkylation sites (N-methyl/N-ethyl adjacent to an activating group) is 1. The van der Waals surface area contributed by atoms with Gasteiger partial charge in [0.05, 0.1) is 20.1 Å². The molecule has 0 atom stereocenters. The Balaban J connectivity index is 4.07. The van der Waals surface area contributed by atoms with Gasteiger partial charge in [-0.25, -0.2) is 4.79 Å². The first-order chi connectivity index (χ1) is 5.54. The molecular formula is C7H18N3O2+. The molecule has 0 fully saturated rings. The lowest BCUT2D eigenvalue weighted by molar-refractivity contribution is -0.899. The summed E-state index contributed by atoms with van der Waals surface area (Å²) in [6.07, 6.45) is 0. The predicted molar refractivity (Wildman–Crippen MR) is 46.5 cm³/mol. The van der Waals surface area contributed by atoms with Gasteiger partial charge in [0.15, 0.2) is 6.54 Å². The average Bonchev–Trinajstić information content (AvgIpc) is 1.85. The van der Waals surface area contributed by atoms with Gasteiger partial charge in [-0.1, -0.05) is 0 Å². The third-order valence-corrected chi connectivity index (χ3v) is 1.85. The Labute approximate surface area is 72.5 Å². The molecule has 0 aromatic heterocycles. The van der Waals surface area contributed by atoms with E-state index < -0.39 is 5.97 Å². The van der Waals surface area contributed by atoms with Gasteiger partial charge in [0.25, 0.3) is 0 Å². The van der Waals surface area contributed by atoms with Crippen LogP contribution < -0.4 is 11.5 Å². The van der Waals surface area contributed by atoms with E-state index >= 15 is 0 Å². The molecule has 5 heteroatoms. The molecule has 5 N–H and O–H groups in total. The third-order valence-electron chi connectivity index (χ3n) is 1.85. The van der Waals surface area contributed by atoms with Crippen molar-refractivity contribution in [3.8, 4) is 0 Å². The van der Waals surface area contributed by atoms with Crippen LogP contribution in [0.25, 0.3) is 0 Å². The lowest BCUT2D eigenvalue weighted by Gasteiger charge is -2.31. The topological polar surface area (TPSA) is 89.3 Å². The van der Waals surface area contributed by atoms with Crippen LogP contribution >= 0.6 is 0 Å². The molecule has 5 nitrogen and oxygen atoms in total. The van der Waals surface area contributed by atoms with Crippen LogP contribution in [0.5, 0.6) is 0 Å². The lowest BCUT2D eigenvalue weighted by Crippen LogP contribution is -2.52. The lowest BCUT2D eigenvalue weighted by atomic mass is 10.3. The summed E-state index contributed by atoms with van der Waals surface area (Å²) >= 11 is 0. The Morgan fingerprint density at radius 2 is 1.75 bits per heavy atom. The quantitative estimate of drug-likeness (QED) is 0.427. The van der Waals surface area contributed by atoms with Crippen LogP contribution in [0.1, 0.15) is 0 Å². The van der Waals surface area contributed by atoms with Crippen LogP contribution in [0.15, 0.2) is 0 Å². The monoisotopic (exact) mass is 176 g/mol. The van der Waals surface area contributed by atoms with Gasteiger partial charge in [0, 0.05) is 13.1 Å². The molecule has 0 aliphatic carbocycles. The van der Waals surface area contributed by atoms with Gasteiger partial charge < -0.3 is 21.1 Å². The zero-order chi connectivity index (χ0) is 9.61. The molecule has 0 aliphatic heterocycles. The van der Waals surface area contributed by atoms with Crippen LogP contribution in [0.4, 0.5) is 0 Å². The number of carbonyl (C=O) groups is 1. The highest BCUT2D eigenvalue weighted by molar-refractivity contribution is 5.67. The highest BCUT2D eigenvalue weighted by Gasteiger charge is 2.22. The summed E-state index contributed by atoms with van der Waals surface area (Å²) in [7, 11) is 1.86. The van der Waals surface area contributed by atoms with Gasteiger partial charge in [-0.2, -0.15) is 0 Å². The van der Waals surface area contributed by atoms with E-state index in [0.29, 0.717) is 30.7 Å². The van der Waals surface area contributed by atoms with Crippen molar-refractivity contribution in [2.24, 2.45) is 11.5 Å². The fraction of sp³-hybridized carbons (Fsp3) is 0.857. The molecule has 0 aromatic rings. The van der Waals surface area contributed by atoms with Gasteiger partial charge in [0.2, 0.25) is 0 Å². The number of quaternary nitrogens is 1. The normalized spacial score (nSPS) is 11.6. The Kier molecular flexibility index (Phi) is 4.80. The van der Waals surface area contributed by atoms with E-state index in [0.717, 1.165) is 0 Å². The number of aliphatic carboxylic acids is 1. The predicted octanol–water partition coefficient (Wildman–Crippen LogP) is -1.56. The molecule has 0 spiro atoms. The van der Waals surface area contributed by atoms with Crippen molar-refractivity contribution in [2.45, 2.75) is 0 Å². The molecule has 0 rings (SSSR count). The smallest absolute Gasteiger partial charge is 0.359 e. The van der Waals surface area contributed by atoms with Crippen molar-refractivity contribution < 1.29 is 14.4 Å². The Morgan fingerprint density at radius 3 is 2.00 bits per heavy atom. The molecule has 12 heavy (non-hydrogen) atoms. The molecule has 0 saturated heterocycles. The molecule has 0 amide bonds. The van der Waals surface area contributed by atoms with Crippen LogP contribution in [0.2, 0.25) is 0 Å². The van der Waals surface area contributed by atoms with E-state index in [1.54, 1.807) is 0 Å². The highest BCUT2D eigenvalue weighted by atomic mass is 16.4. The molecule has 0 aliphatic rings. The van der Waals surface area contributed by atoms with Gasteiger partial charge in [-0.3, -0.25) is 0 Å². The fourth-order valence-electron chi connectivity index (χ4n) is 1.22. The number of nitrogens with zero attached hydrogens (tertiary/aromatic N) is 1. The van der Waals surface area contributed by atoms with Gasteiger partial charge in [0.1, 0.15) is 0 Å². The fourth-order valence-corrected chi connectivity index (χ4v) is 1.22. The molecule has 72 valence electrons. The third kappa shape index (κ3) is 4.27. The molecule has 0 saturated carbocycles. The number of hydrogen-bond donors (Lipinski definition) is 3. The SMILES string of the molecule is C[N+](CCN)(CCN)CC(=O)O. The van der Waals surface area contributed by atoms with Crippen molar-refractivity contribution in [3.63, 3.8) is 0 Å². The van der Waals surface area contributed by atoms with Crippen LogP contribution in [0, 0.1) is 0 Å². The van der Waals surface area contributed by atoms with Gasteiger partial charge >= 0.3 is 5.97 Å². The van der Waals surface area contributed by atoms with E-state index in [1.165, 1.54) is 0 Å². The molecule has 0 aromatic carbocycles. The number of rotatable bonds is 6. The second-order valence-corrected chi connectivity index (χ2v) is 3.20. The highest BCUT2D eigenvalue weighted by Crippen LogP contribution is 1.99. The first kappa shape index (κ1) is 11.4. The van der Waals surface area contributed by atoms with Crippen molar-refractivity contribution >= 4 is 5.97 Å². The Hall–Kier alpha value is -0.650. The van der Waals surface area contributed by atoms with Crippen molar-refractivity contribution in [3.05, 3.63) is 0 Å². The average molecular weight is 176 g/mol. The van der Waals surface area contributed by atoms with E-state index in [-0.39, 0.29) is 6.54 Å². The maximum atomic E-state index is 10.5. The number of carboxylic acids is 1. The summed E-state index contributed by atoms with van der Waals surface area (Å²) in [6, 6.07) is 0. The second kappa shape index (κ2) is 5.08. The van der Waals surface area contributed by atoms with E-state index in [9.17, 15) is 4.79 Å². The Bertz CT molecular complexity index is 144. The van der Waals surface area contributed by atoms with Gasteiger partial charge in [-0.05, 0) is 0 Å². The van der Waals surface area contributed by atoms with Crippen molar-refractivity contribution in [2.75, 3.05) is 39.8 Å². The molecule has 0 heterocycles. The van der Waals surface area contributed by atoms with Crippen LogP contribution in [-0.4, -0.2) is 55.3 Å². The first-order valence-electron chi connectivity index (χ1n) is 3.99. The molecule has 0 radical (unpaired) electrons. The minimum Gasteiger partial charge on any atom is -0.477 e. The summed E-state index contributed by atoms with van der Waals surface area (Å²) in [4.78, 5) is 10.5. The van der Waals surface area contributed by atoms with Crippen LogP contribution in [0.3, 0.4) is 0 Å². The van der Waals surface area contributed by atoms with Crippen molar-refractivity contribution in [1.29, 1.82) is 0 Å². The zero-order valence-electron chi connectivity index (χ0n) is 7.49. The summed E-state index contributed by atoms with van der Waals surface area (Å²) in [6.45, 7) is 2.38. The van der Waals surface area contributed by atoms with Crippen molar-refractivity contribution in [1.82, 2.24) is 0 Å². The summed E-state index contributed by atoms with van der Waals surface area (Å²) in [5, 5.41) is 8.61. The number of carboxylic acid groups (broad SMARTS) is 1. The second-order valence-electron chi connectivity index (χ2n) is 3.20. The van der Waals surface area contributed by atoms with Crippen LogP contribution in [-0.2, 0) is 4.79 Å². The summed E-state index contributed by atoms with van der Waals surface area (Å²) in [5.74, 6) is -0.806. The minimum atomic E-state index is -0.806. The summed E-state index contributed by atoms with van der Waals surface area (Å²) in [5.41, 5.74) is 10.7. The summed E-state index contributed by atoms with van der Waals surface area (Å²) < 4.78 is 0.419. The maximum absolute atomic E-state index is 10.5. The number of hydrogen-bond acceptors (Lipinski definition) is 3. The van der Waals surface area contributed by atoms with Gasteiger partial charge in [-0.15, -0.1) is 0 Å². The maximum Gasteiger partial charge on any atom is 0.359 e. The zero-order valence-corrected chi connectivity index (χ0v) is 7.49. The molecule has 0 bridgehead atoms. The Morgan fingerprint density at radius 1 is 1.33 bits per heavy atom.